The first-order valence-corrected chi connectivity index (χ1v) is 12.6. The molecule has 2 aromatic rings. The van der Waals surface area contributed by atoms with E-state index in [1.54, 1.807) is 12.5 Å². The van der Waals surface area contributed by atoms with Gasteiger partial charge in [0.1, 0.15) is 5.58 Å². The van der Waals surface area contributed by atoms with Crippen LogP contribution in [0.4, 0.5) is 5.69 Å². The first-order chi connectivity index (χ1) is 18.2. The molecular formula is C24H25N3O10S-2. The molecule has 2 unspecified atom stereocenters. The lowest BCUT2D eigenvalue weighted by Gasteiger charge is -2.27. The van der Waals surface area contributed by atoms with Crippen LogP contribution in [0, 0.1) is 13.3 Å². The van der Waals surface area contributed by atoms with Crippen molar-refractivity contribution in [1.82, 2.24) is 10.4 Å². The molecule has 1 aromatic carbocycles. The van der Waals surface area contributed by atoms with Crippen molar-refractivity contribution in [1.29, 1.82) is 0 Å². The summed E-state index contributed by atoms with van der Waals surface area (Å²) >= 11 is 0.678. The number of fused-ring (bicyclic) bond motifs is 3. The third-order valence-corrected chi connectivity index (χ3v) is 7.30. The number of carbonyl (C=O) groups is 4. The van der Waals surface area contributed by atoms with Crippen molar-refractivity contribution < 1.29 is 43.1 Å². The Morgan fingerprint density at radius 1 is 1.29 bits per heavy atom. The number of nitrogens with zero attached hydrogens (tertiary/aromatic N) is 1. The lowest BCUT2D eigenvalue weighted by atomic mass is 9.92. The summed E-state index contributed by atoms with van der Waals surface area (Å²) in [6.07, 6.45) is 2.10. The number of nitrogen functional groups attached to an aromatic ring is 1. The van der Waals surface area contributed by atoms with E-state index in [-0.39, 0.29) is 44.6 Å². The fourth-order valence-electron chi connectivity index (χ4n) is 4.53. The number of hydrogen-bond donors (Lipinski definition) is 2. The van der Waals surface area contributed by atoms with Crippen LogP contribution in [0.2, 0.25) is 0 Å². The smallest absolute Gasteiger partial charge is 0.333 e. The Kier molecular flexibility index (Phi) is 8.56. The van der Waals surface area contributed by atoms with Crippen molar-refractivity contribution >= 4 is 52.4 Å². The lowest BCUT2D eigenvalue weighted by molar-refractivity contribution is -0.777. The average Bonchev–Trinajstić information content (AvgIpc) is 3.46. The van der Waals surface area contributed by atoms with Crippen molar-refractivity contribution in [2.45, 2.75) is 56.6 Å². The van der Waals surface area contributed by atoms with E-state index in [4.69, 9.17) is 15.0 Å². The maximum absolute atomic E-state index is 12.7. The van der Waals surface area contributed by atoms with Gasteiger partial charge in [-0.25, -0.2) is 4.79 Å². The van der Waals surface area contributed by atoms with E-state index in [0.717, 1.165) is 5.56 Å². The molecule has 2 aliphatic rings. The van der Waals surface area contributed by atoms with Gasteiger partial charge in [-0.05, 0) is 24.3 Å². The van der Waals surface area contributed by atoms with Crippen molar-refractivity contribution in [3.63, 3.8) is 0 Å². The minimum atomic E-state index is -0.767. The largest absolute Gasteiger partial charge is 0.691 e. The van der Waals surface area contributed by atoms with Gasteiger partial charge in [0, 0.05) is 61.3 Å². The maximum atomic E-state index is 12.7. The third-order valence-electron chi connectivity index (χ3n) is 6.42. The molecule has 13 nitrogen and oxygen atoms in total. The zero-order valence-electron chi connectivity index (χ0n) is 20.4. The van der Waals surface area contributed by atoms with E-state index < -0.39 is 34.6 Å². The van der Waals surface area contributed by atoms with Crippen LogP contribution in [0.15, 0.2) is 21.3 Å². The predicted molar refractivity (Wildman–Crippen MR) is 130 cm³/mol. The molecule has 0 radical (unpaired) electrons. The van der Waals surface area contributed by atoms with Crippen LogP contribution in [0.3, 0.4) is 0 Å². The number of nitrogens with two attached hydrogens (primary N) is 1. The summed E-state index contributed by atoms with van der Waals surface area (Å²) in [6.45, 7) is 1.94. The number of rotatable bonds is 11. The molecule has 4 rings (SSSR count). The molecule has 1 aromatic heterocycles. The minimum Gasteiger partial charge on any atom is -0.691 e. The topological polar surface area (TPSA) is 191 Å². The number of benzene rings is 1. The molecule has 3 N–H and O–H groups in total. The molecule has 3 amide bonds. The number of nitrogens with one attached hydrogen (secondary N) is 1. The van der Waals surface area contributed by atoms with Crippen LogP contribution in [-0.2, 0) is 33.4 Å². The van der Waals surface area contributed by atoms with Gasteiger partial charge in [-0.2, -0.15) is 10.8 Å². The highest BCUT2D eigenvalue weighted by Gasteiger charge is 2.33. The fraction of sp³-hybridized carbons (Fsp3) is 0.417. The molecule has 2 heterocycles. The molecule has 38 heavy (non-hydrogen) atoms. The molecule has 0 saturated carbocycles. The molecule has 1 saturated heterocycles. The number of amides is 3. The Bertz CT molecular complexity index is 1310. The third kappa shape index (κ3) is 5.93. The zero-order chi connectivity index (χ0) is 27.4. The van der Waals surface area contributed by atoms with E-state index >= 15 is 0 Å². The van der Waals surface area contributed by atoms with E-state index in [2.05, 4.69) is 14.7 Å². The summed E-state index contributed by atoms with van der Waals surface area (Å²) in [5.74, 6) is -2.68. The summed E-state index contributed by atoms with van der Waals surface area (Å²) in [6, 6.07) is 3.39. The second-order valence-electron chi connectivity index (χ2n) is 8.94. The second kappa shape index (κ2) is 11.9. The molecule has 1 fully saturated rings. The van der Waals surface area contributed by atoms with Gasteiger partial charge in [0.05, 0.1) is 0 Å². The van der Waals surface area contributed by atoms with Crippen molar-refractivity contribution in [3.8, 4) is 0 Å². The summed E-state index contributed by atoms with van der Waals surface area (Å²) in [7, 11) is 0. The normalized spacial score (nSPS) is 17.4. The summed E-state index contributed by atoms with van der Waals surface area (Å²) in [5.41, 5.74) is 8.08. The monoisotopic (exact) mass is 547 g/mol. The summed E-state index contributed by atoms with van der Waals surface area (Å²) < 4.78 is 10.0. The van der Waals surface area contributed by atoms with Gasteiger partial charge in [0.2, 0.25) is 11.5 Å². The van der Waals surface area contributed by atoms with Crippen LogP contribution < -0.4 is 21.9 Å². The number of aryl methyl sites for hydroxylation is 1. The summed E-state index contributed by atoms with van der Waals surface area (Å²) in [5, 5.41) is 17.3. The Morgan fingerprint density at radius 2 is 2.03 bits per heavy atom. The fourth-order valence-corrected chi connectivity index (χ4v) is 5.27. The van der Waals surface area contributed by atoms with Gasteiger partial charge in [-0.15, -0.1) is 16.2 Å². The second-order valence-corrected chi connectivity index (χ2v) is 9.88. The van der Waals surface area contributed by atoms with Gasteiger partial charge in [0.25, 0.3) is 11.8 Å². The first-order valence-electron chi connectivity index (χ1n) is 11.8. The lowest BCUT2D eigenvalue weighted by Crippen LogP contribution is -2.33. The highest BCUT2D eigenvalue weighted by Crippen LogP contribution is 2.45. The van der Waals surface area contributed by atoms with Crippen LogP contribution >= 0.6 is 12.0 Å². The SMILES string of the molecule is Cc1cc2c3c(c(=O)oc2cc1N)[CH-]CC3C(CC(=O)NCCCC(=O)ON1C(=O)CCC1=O)SOO[O-]. The Hall–Kier alpha value is -3.59. The van der Waals surface area contributed by atoms with Crippen LogP contribution in [0.5, 0.6) is 0 Å². The van der Waals surface area contributed by atoms with Crippen LogP contribution in [0.25, 0.3) is 11.0 Å². The molecule has 0 bridgehead atoms. The first kappa shape index (κ1) is 27.4. The van der Waals surface area contributed by atoms with E-state index in [1.807, 2.05) is 13.0 Å². The molecule has 14 heteroatoms. The number of hydroxylamine groups is 2. The Morgan fingerprint density at radius 3 is 2.74 bits per heavy atom. The van der Waals surface area contributed by atoms with E-state index in [9.17, 15) is 29.2 Å². The molecule has 0 spiro atoms. The quantitative estimate of drug-likeness (QED) is 0.0590. The number of anilines is 1. The van der Waals surface area contributed by atoms with Crippen LogP contribution in [-0.4, -0.2) is 40.5 Å². The number of imide groups is 1. The standard InChI is InChI=1S/C24H26N3O10S/c1-12-9-15-17(10-16(12)25)34-24(32)14-5-4-13(23(14)15)18(38-37-36-33)11-19(28)26-8-2-3-22(31)35-27-20(29)6-7-21(27)30/h5,9-10,13,18,33H,2-4,6-8,11,25H2,1H3,(H,26,28)/q-1/p-1. The van der Waals surface area contributed by atoms with Gasteiger partial charge in [-0.3, -0.25) is 19.4 Å². The Labute approximate surface area is 220 Å². The molecule has 1 aliphatic heterocycles. The minimum absolute atomic E-state index is 0.0000302. The molecule has 204 valence electrons. The van der Waals surface area contributed by atoms with Crippen molar-refractivity contribution in [2.75, 3.05) is 12.3 Å². The average molecular weight is 548 g/mol. The summed E-state index contributed by atoms with van der Waals surface area (Å²) in [4.78, 5) is 65.0. The van der Waals surface area contributed by atoms with Crippen LogP contribution in [0.1, 0.15) is 61.1 Å². The number of carbonyl (C=O) groups excluding carboxylic acids is 4. The van der Waals surface area contributed by atoms with E-state index in [0.29, 0.717) is 51.3 Å². The van der Waals surface area contributed by atoms with Gasteiger partial charge in [-0.1, -0.05) is 18.4 Å². The van der Waals surface area contributed by atoms with Crippen molar-refractivity contribution in [2.24, 2.45) is 0 Å². The highest BCUT2D eigenvalue weighted by molar-refractivity contribution is 7.95. The molecular weight excluding hydrogens is 522 g/mol. The molecule has 1 aliphatic carbocycles. The van der Waals surface area contributed by atoms with E-state index in [1.165, 1.54) is 0 Å². The molecule has 2 atom stereocenters. The van der Waals surface area contributed by atoms with Gasteiger partial charge < -0.3 is 30.4 Å². The highest BCUT2D eigenvalue weighted by atomic mass is 32.2. The van der Waals surface area contributed by atoms with Gasteiger partial charge >= 0.3 is 5.97 Å². The maximum Gasteiger partial charge on any atom is 0.333 e. The zero-order valence-corrected chi connectivity index (χ0v) is 21.2. The number of hydrogen-bond acceptors (Lipinski definition) is 12. The van der Waals surface area contributed by atoms with Gasteiger partial charge in [0.15, 0.2) is 0 Å². The van der Waals surface area contributed by atoms with Crippen molar-refractivity contribution in [3.05, 3.63) is 45.7 Å². The predicted octanol–water partition coefficient (Wildman–Crippen LogP) is 0.857. The Balaban J connectivity index is 1.39.